The van der Waals surface area contributed by atoms with Gasteiger partial charge in [-0.1, -0.05) is 283 Å². The van der Waals surface area contributed by atoms with Gasteiger partial charge in [-0.25, -0.2) is 4.57 Å². The fraction of sp³-hybridized carbons (Fsp3) is 0.481. The Labute approximate surface area is 555 Å². The molecule has 0 aromatic heterocycles. The van der Waals surface area contributed by atoms with E-state index < -0.39 is 32.5 Å². The van der Waals surface area contributed by atoms with Crippen molar-refractivity contribution >= 4 is 19.8 Å². The maximum atomic E-state index is 12.8. The minimum absolute atomic E-state index is 0.0303. The van der Waals surface area contributed by atoms with Crippen LogP contribution in [0, 0.1) is 0 Å². The first-order valence-electron chi connectivity index (χ1n) is 34.5. The molecule has 0 fully saturated rings. The Balaban J connectivity index is 4.14. The molecule has 10 heteroatoms. The van der Waals surface area contributed by atoms with Crippen LogP contribution in [0.3, 0.4) is 0 Å². The first-order chi connectivity index (χ1) is 44.8. The number of esters is 2. The van der Waals surface area contributed by atoms with Gasteiger partial charge in [0.15, 0.2) is 6.10 Å². The molecule has 0 aromatic carbocycles. The zero-order chi connectivity index (χ0) is 65.8. The maximum absolute atomic E-state index is 12.8. The maximum Gasteiger partial charge on any atom is 0.472 e. The van der Waals surface area contributed by atoms with Gasteiger partial charge in [0, 0.05) is 19.4 Å². The number of ether oxygens (including phenoxy) is 2. The molecule has 504 valence electrons. The average molecular weight is 1270 g/mol. The smallest absolute Gasteiger partial charge is 0.462 e. The van der Waals surface area contributed by atoms with E-state index in [4.69, 9.17) is 24.3 Å². The summed E-state index contributed by atoms with van der Waals surface area (Å²) in [6, 6.07) is 0. The van der Waals surface area contributed by atoms with Crippen molar-refractivity contribution in [1.29, 1.82) is 0 Å². The van der Waals surface area contributed by atoms with E-state index >= 15 is 0 Å². The third kappa shape index (κ3) is 72.7. The predicted molar refractivity (Wildman–Crippen MR) is 394 cm³/mol. The highest BCUT2D eigenvalue weighted by Gasteiger charge is 2.26. The van der Waals surface area contributed by atoms with E-state index in [-0.39, 0.29) is 32.6 Å². The van der Waals surface area contributed by atoms with Gasteiger partial charge >= 0.3 is 19.8 Å². The lowest BCUT2D eigenvalue weighted by molar-refractivity contribution is -0.161. The summed E-state index contributed by atoms with van der Waals surface area (Å²) >= 11 is 0. The molecule has 2 atom stereocenters. The Morgan fingerprint density at radius 1 is 0.330 bits per heavy atom. The first kappa shape index (κ1) is 84.8. The fourth-order valence-electron chi connectivity index (χ4n) is 8.22. The molecule has 0 amide bonds. The molecule has 9 nitrogen and oxygen atoms in total. The van der Waals surface area contributed by atoms with Crippen LogP contribution in [-0.4, -0.2) is 49.3 Å². The number of nitrogens with two attached hydrogens (primary N) is 1. The van der Waals surface area contributed by atoms with Gasteiger partial charge in [0.25, 0.3) is 0 Å². The Hall–Kier alpha value is -6.19. The summed E-state index contributed by atoms with van der Waals surface area (Å²) in [4.78, 5) is 35.3. The van der Waals surface area contributed by atoms with E-state index in [1.54, 1.807) is 0 Å². The highest BCUT2D eigenvalue weighted by Crippen LogP contribution is 2.43. The monoisotopic (exact) mass is 1270 g/mol. The fourth-order valence-corrected chi connectivity index (χ4v) is 8.98. The van der Waals surface area contributed by atoms with Crippen LogP contribution in [0.2, 0.25) is 0 Å². The van der Waals surface area contributed by atoms with Gasteiger partial charge in [0.05, 0.1) is 13.2 Å². The summed E-state index contributed by atoms with van der Waals surface area (Å²) in [6.45, 7) is 3.41. The molecule has 0 spiro atoms. The van der Waals surface area contributed by atoms with Crippen molar-refractivity contribution in [1.82, 2.24) is 0 Å². The number of rotatable bonds is 61. The number of carbonyl (C=O) groups excluding carboxylic acids is 2. The Morgan fingerprint density at radius 3 is 0.857 bits per heavy atom. The van der Waals surface area contributed by atoms with Crippen LogP contribution in [-0.2, 0) is 32.7 Å². The number of phosphoric acid groups is 1. The third-order valence-electron chi connectivity index (χ3n) is 13.2. The van der Waals surface area contributed by atoms with Crippen LogP contribution >= 0.6 is 7.82 Å². The van der Waals surface area contributed by atoms with Crippen molar-refractivity contribution in [2.24, 2.45) is 5.73 Å². The summed E-state index contributed by atoms with van der Waals surface area (Å²) in [5, 5.41) is 0. The zero-order valence-electron chi connectivity index (χ0n) is 56.5. The second-order valence-corrected chi connectivity index (χ2v) is 23.0. The molecular weight excluding hydrogens is 1150 g/mol. The largest absolute Gasteiger partial charge is 0.472 e. The average Bonchev–Trinajstić information content (AvgIpc) is 3.74. The Bertz CT molecular complexity index is 2390. The summed E-state index contributed by atoms with van der Waals surface area (Å²) in [6.07, 6.45) is 117. The zero-order valence-corrected chi connectivity index (χ0v) is 57.4. The molecule has 0 aliphatic rings. The molecule has 2 unspecified atom stereocenters. The van der Waals surface area contributed by atoms with E-state index in [1.165, 1.54) is 0 Å². The second kappa shape index (κ2) is 72.9. The normalized spacial score (nSPS) is 14.5. The lowest BCUT2D eigenvalue weighted by Gasteiger charge is -2.19. The van der Waals surface area contributed by atoms with Crippen LogP contribution in [0.4, 0.5) is 0 Å². The molecule has 0 bridgehead atoms. The highest BCUT2D eigenvalue weighted by molar-refractivity contribution is 7.47. The molecule has 0 aromatic rings. The number of phosphoric ester groups is 1. The van der Waals surface area contributed by atoms with Crippen molar-refractivity contribution in [2.45, 2.75) is 225 Å². The molecule has 0 heterocycles. The van der Waals surface area contributed by atoms with Crippen LogP contribution in [0.25, 0.3) is 0 Å². The van der Waals surface area contributed by atoms with Gasteiger partial charge < -0.3 is 20.1 Å². The molecule has 0 aliphatic carbocycles. The standard InChI is InChI=1S/C81H122NO8P/c1-3-5-7-9-11-13-15-17-19-21-23-25-27-29-31-33-35-37-38-39-40-42-44-46-48-50-52-54-56-58-60-62-64-66-68-70-72-74-81(84)90-79(78-89-91(85,86)88-76-75-82)77-87-80(83)73-71-69-67-65-63-61-59-57-55-53-51-49-47-45-43-41-36-34-32-30-28-26-24-22-20-18-16-14-12-10-8-6-4-2/h5-8,11-14,17-20,23-26,29-32,35-37,39-41,44-47,50-53,56-59,62,64,79H,3-4,9-10,15-16,21-22,27-28,33-34,38,42-43,48-49,54-55,60-61,63,65-78,82H2,1-2H3,(H,85,86)/b7-5-,8-6-,13-11-,14-12-,19-17-,20-18-,25-23-,26-24-,31-29-,32-30-,37-35-,40-39-,41-36-,46-44-,47-45-,52-50-,53-51-,58-56-,59-57-,64-62-. The van der Waals surface area contributed by atoms with Crippen LogP contribution in [0.15, 0.2) is 243 Å². The van der Waals surface area contributed by atoms with Crippen molar-refractivity contribution in [3.63, 3.8) is 0 Å². The summed E-state index contributed by atoms with van der Waals surface area (Å²) < 4.78 is 33.1. The first-order valence-corrected chi connectivity index (χ1v) is 36.0. The van der Waals surface area contributed by atoms with E-state index in [0.717, 1.165) is 180 Å². The second-order valence-electron chi connectivity index (χ2n) is 21.6. The predicted octanol–water partition coefficient (Wildman–Crippen LogP) is 23.2. The van der Waals surface area contributed by atoms with E-state index in [2.05, 4.69) is 257 Å². The molecule has 0 saturated carbocycles. The van der Waals surface area contributed by atoms with Crippen LogP contribution < -0.4 is 5.73 Å². The van der Waals surface area contributed by atoms with Gasteiger partial charge in [-0.3, -0.25) is 18.6 Å². The van der Waals surface area contributed by atoms with E-state index in [0.29, 0.717) is 12.8 Å². The van der Waals surface area contributed by atoms with Gasteiger partial charge in [-0.2, -0.15) is 0 Å². The lowest BCUT2D eigenvalue weighted by Crippen LogP contribution is -2.29. The van der Waals surface area contributed by atoms with Crippen molar-refractivity contribution in [3.05, 3.63) is 243 Å². The van der Waals surface area contributed by atoms with Gasteiger partial charge in [-0.05, 0) is 167 Å². The molecule has 91 heavy (non-hydrogen) atoms. The van der Waals surface area contributed by atoms with Crippen LogP contribution in [0.1, 0.15) is 219 Å². The minimum Gasteiger partial charge on any atom is -0.462 e. The number of allylic oxidation sites excluding steroid dienone is 40. The SMILES string of the molecule is CC/C=C\C/C=C\C/C=C\C/C=C\C/C=C\C/C=C\C/C=C\C/C=C\C/C=C\C/C=C\C/C=C\CCCCCC(=O)OC(COC(=O)CCCCCCC/C=C\C/C=C\C/C=C\C/C=C\C/C=C\C/C=C\C/C=C\C/C=C\C/C=C\CC)COP(=O)(O)OCCN. The quantitative estimate of drug-likeness (QED) is 0.0264. The molecular formula is C81H122NO8P. The van der Waals surface area contributed by atoms with Crippen molar-refractivity contribution < 1.29 is 37.6 Å². The highest BCUT2D eigenvalue weighted by atomic mass is 31.2. The topological polar surface area (TPSA) is 134 Å². The summed E-state index contributed by atoms with van der Waals surface area (Å²) in [5.74, 6) is -0.911. The minimum atomic E-state index is -4.43. The Morgan fingerprint density at radius 2 is 0.571 bits per heavy atom. The van der Waals surface area contributed by atoms with Gasteiger partial charge in [0.1, 0.15) is 6.61 Å². The molecule has 0 saturated heterocycles. The summed E-state index contributed by atoms with van der Waals surface area (Å²) in [7, 11) is -4.43. The third-order valence-corrected chi connectivity index (χ3v) is 14.2. The van der Waals surface area contributed by atoms with Gasteiger partial charge in [0.2, 0.25) is 0 Å². The summed E-state index contributed by atoms with van der Waals surface area (Å²) in [5.41, 5.74) is 5.39. The van der Waals surface area contributed by atoms with E-state index in [9.17, 15) is 19.0 Å². The molecule has 0 radical (unpaired) electrons. The number of hydrogen-bond donors (Lipinski definition) is 2. The molecule has 0 aliphatic heterocycles. The number of carbonyl (C=O) groups is 2. The van der Waals surface area contributed by atoms with E-state index in [1.807, 2.05) is 0 Å². The van der Waals surface area contributed by atoms with Gasteiger partial charge in [-0.15, -0.1) is 0 Å². The van der Waals surface area contributed by atoms with Crippen LogP contribution in [0.5, 0.6) is 0 Å². The Kier molecular flexibility index (Phi) is 67.9. The van der Waals surface area contributed by atoms with Crippen molar-refractivity contribution in [3.8, 4) is 0 Å². The number of hydrogen-bond acceptors (Lipinski definition) is 8. The molecule has 3 N–H and O–H groups in total. The lowest BCUT2D eigenvalue weighted by atomic mass is 10.1. The van der Waals surface area contributed by atoms with Crippen molar-refractivity contribution in [2.75, 3.05) is 26.4 Å². The number of unbranched alkanes of at least 4 members (excludes halogenated alkanes) is 8. The molecule has 0 rings (SSSR count).